The second kappa shape index (κ2) is 5.68. The summed E-state index contributed by atoms with van der Waals surface area (Å²) in [5, 5.41) is 13.5. The van der Waals surface area contributed by atoms with E-state index in [4.69, 9.17) is 4.74 Å². The van der Waals surface area contributed by atoms with Crippen molar-refractivity contribution in [3.8, 4) is 0 Å². The van der Waals surface area contributed by atoms with Gasteiger partial charge in [-0.15, -0.1) is 0 Å². The third kappa shape index (κ3) is 4.94. The van der Waals surface area contributed by atoms with Crippen LogP contribution in [-0.2, 0) is 4.74 Å². The van der Waals surface area contributed by atoms with Gasteiger partial charge in [-0.25, -0.2) is 0 Å². The molecule has 0 aliphatic heterocycles. The lowest BCUT2D eigenvalue weighted by atomic mass is 9.89. The molecule has 0 bridgehead atoms. The first kappa shape index (κ1) is 13.3. The van der Waals surface area contributed by atoms with Crippen molar-refractivity contribution in [1.29, 1.82) is 0 Å². The summed E-state index contributed by atoms with van der Waals surface area (Å²) in [4.78, 5) is 0. The Balaban J connectivity index is 1.61. The zero-order valence-corrected chi connectivity index (χ0v) is 11.2. The van der Waals surface area contributed by atoms with Crippen LogP contribution in [-0.4, -0.2) is 36.0 Å². The van der Waals surface area contributed by atoms with E-state index in [1.165, 1.54) is 25.7 Å². The van der Waals surface area contributed by atoms with Crippen molar-refractivity contribution in [2.45, 2.75) is 70.1 Å². The van der Waals surface area contributed by atoms with Crippen molar-refractivity contribution >= 4 is 0 Å². The maximum Gasteiger partial charge on any atom is 0.0975 e. The fraction of sp³-hybridized carbons (Fsp3) is 1.00. The van der Waals surface area contributed by atoms with Gasteiger partial charge in [-0.05, 0) is 51.4 Å². The highest BCUT2D eigenvalue weighted by Gasteiger charge is 2.28. The Labute approximate surface area is 105 Å². The van der Waals surface area contributed by atoms with E-state index in [0.717, 1.165) is 18.8 Å². The molecule has 1 unspecified atom stereocenters. The van der Waals surface area contributed by atoms with Gasteiger partial charge in [-0.2, -0.15) is 0 Å². The minimum atomic E-state index is -0.717. The van der Waals surface area contributed by atoms with E-state index in [1.807, 2.05) is 6.92 Å². The van der Waals surface area contributed by atoms with Gasteiger partial charge in [0.15, 0.2) is 0 Å². The highest BCUT2D eigenvalue weighted by molar-refractivity contribution is 4.85. The Bertz CT molecular complexity index is 230. The lowest BCUT2D eigenvalue weighted by molar-refractivity contribution is -0.0731. The van der Waals surface area contributed by atoms with Crippen LogP contribution in [0.15, 0.2) is 0 Å². The van der Waals surface area contributed by atoms with Gasteiger partial charge in [0.2, 0.25) is 0 Å². The van der Waals surface area contributed by atoms with Crippen LogP contribution in [0.1, 0.15) is 52.4 Å². The molecule has 0 aromatic rings. The molecule has 2 saturated carbocycles. The van der Waals surface area contributed by atoms with Gasteiger partial charge in [0.25, 0.3) is 0 Å². The van der Waals surface area contributed by atoms with Crippen LogP contribution < -0.4 is 5.32 Å². The van der Waals surface area contributed by atoms with E-state index >= 15 is 0 Å². The maximum absolute atomic E-state index is 10.2. The molecule has 0 saturated heterocycles. The number of hydrogen-bond donors (Lipinski definition) is 2. The van der Waals surface area contributed by atoms with E-state index in [0.29, 0.717) is 25.3 Å². The van der Waals surface area contributed by atoms with Gasteiger partial charge in [0.1, 0.15) is 0 Å². The maximum atomic E-state index is 10.2. The Hall–Kier alpha value is -0.120. The third-order valence-corrected chi connectivity index (χ3v) is 3.94. The van der Waals surface area contributed by atoms with Gasteiger partial charge in [0.05, 0.1) is 18.3 Å². The predicted octanol–water partition coefficient (Wildman–Crippen LogP) is 2.08. The standard InChI is InChI=1S/C14H27NO2/c1-11-3-7-13(8-4-11)17-10-14(2,16)9-15-12-5-6-12/h11-13,15-16H,3-10H2,1-2H3. The average Bonchev–Trinajstić information content (AvgIpc) is 3.10. The molecule has 2 N–H and O–H groups in total. The van der Waals surface area contributed by atoms with Gasteiger partial charge in [0, 0.05) is 12.6 Å². The summed E-state index contributed by atoms with van der Waals surface area (Å²) in [5.74, 6) is 0.854. The lowest BCUT2D eigenvalue weighted by Crippen LogP contribution is -2.43. The first-order valence-corrected chi connectivity index (χ1v) is 7.12. The minimum Gasteiger partial charge on any atom is -0.386 e. The number of aliphatic hydroxyl groups is 1. The Kier molecular flexibility index (Phi) is 4.45. The molecule has 3 heteroatoms. The molecule has 2 aliphatic carbocycles. The van der Waals surface area contributed by atoms with Crippen LogP contribution in [0, 0.1) is 5.92 Å². The van der Waals surface area contributed by atoms with Gasteiger partial charge in [-0.1, -0.05) is 6.92 Å². The van der Waals surface area contributed by atoms with Crippen molar-refractivity contribution < 1.29 is 9.84 Å². The van der Waals surface area contributed by atoms with Crippen LogP contribution in [0.3, 0.4) is 0 Å². The molecular weight excluding hydrogens is 214 g/mol. The summed E-state index contributed by atoms with van der Waals surface area (Å²) in [5.41, 5.74) is -0.717. The normalized spacial score (nSPS) is 33.4. The zero-order valence-electron chi connectivity index (χ0n) is 11.2. The molecular formula is C14H27NO2. The van der Waals surface area contributed by atoms with E-state index < -0.39 is 5.60 Å². The minimum absolute atomic E-state index is 0.374. The Morgan fingerprint density at radius 2 is 1.82 bits per heavy atom. The molecule has 0 radical (unpaired) electrons. The first-order valence-electron chi connectivity index (χ1n) is 7.12. The summed E-state index contributed by atoms with van der Waals surface area (Å²) >= 11 is 0. The van der Waals surface area contributed by atoms with Crippen LogP contribution in [0.2, 0.25) is 0 Å². The molecule has 17 heavy (non-hydrogen) atoms. The molecule has 2 aliphatic rings. The van der Waals surface area contributed by atoms with Crippen LogP contribution >= 0.6 is 0 Å². The SMILES string of the molecule is CC1CCC(OCC(C)(O)CNC2CC2)CC1. The summed E-state index contributed by atoms with van der Waals surface area (Å²) < 4.78 is 5.86. The van der Waals surface area contributed by atoms with E-state index in [1.54, 1.807) is 0 Å². The summed E-state index contributed by atoms with van der Waals surface area (Å²) in [6.07, 6.45) is 7.76. The van der Waals surface area contributed by atoms with Crippen LogP contribution in [0.25, 0.3) is 0 Å². The van der Waals surface area contributed by atoms with E-state index in [9.17, 15) is 5.11 Å². The number of ether oxygens (including phenoxy) is 1. The zero-order chi connectivity index (χ0) is 12.3. The first-order chi connectivity index (χ1) is 8.05. The average molecular weight is 241 g/mol. The third-order valence-electron chi connectivity index (χ3n) is 3.94. The largest absolute Gasteiger partial charge is 0.386 e. The van der Waals surface area contributed by atoms with Crippen molar-refractivity contribution in [3.63, 3.8) is 0 Å². The van der Waals surface area contributed by atoms with Gasteiger partial charge < -0.3 is 15.2 Å². The van der Waals surface area contributed by atoms with Crippen LogP contribution in [0.4, 0.5) is 0 Å². The Morgan fingerprint density at radius 1 is 1.18 bits per heavy atom. The Morgan fingerprint density at radius 3 is 2.41 bits per heavy atom. The van der Waals surface area contributed by atoms with Crippen molar-refractivity contribution in [1.82, 2.24) is 5.32 Å². The van der Waals surface area contributed by atoms with E-state index in [-0.39, 0.29) is 0 Å². The molecule has 2 fully saturated rings. The van der Waals surface area contributed by atoms with Gasteiger partial charge in [-0.3, -0.25) is 0 Å². The monoisotopic (exact) mass is 241 g/mol. The van der Waals surface area contributed by atoms with Gasteiger partial charge >= 0.3 is 0 Å². The molecule has 0 heterocycles. The number of nitrogens with one attached hydrogen (secondary N) is 1. The van der Waals surface area contributed by atoms with Crippen LogP contribution in [0.5, 0.6) is 0 Å². The number of hydrogen-bond acceptors (Lipinski definition) is 3. The summed E-state index contributed by atoms with van der Waals surface area (Å²) in [7, 11) is 0. The van der Waals surface area contributed by atoms with E-state index in [2.05, 4.69) is 12.2 Å². The fourth-order valence-electron chi connectivity index (χ4n) is 2.40. The molecule has 3 nitrogen and oxygen atoms in total. The summed E-state index contributed by atoms with van der Waals surface area (Å²) in [6, 6.07) is 0.650. The predicted molar refractivity (Wildman–Crippen MR) is 69.0 cm³/mol. The van der Waals surface area contributed by atoms with Crippen molar-refractivity contribution in [2.75, 3.05) is 13.2 Å². The number of rotatable bonds is 6. The van der Waals surface area contributed by atoms with Crippen molar-refractivity contribution in [3.05, 3.63) is 0 Å². The van der Waals surface area contributed by atoms with Crippen molar-refractivity contribution in [2.24, 2.45) is 5.92 Å². The molecule has 0 amide bonds. The molecule has 0 aromatic heterocycles. The second-order valence-corrected chi connectivity index (χ2v) is 6.35. The summed E-state index contributed by atoms with van der Waals surface area (Å²) in [6.45, 7) is 5.30. The molecule has 2 rings (SSSR count). The highest BCUT2D eigenvalue weighted by atomic mass is 16.5. The molecule has 1 atom stereocenters. The molecule has 0 spiro atoms. The molecule has 0 aromatic carbocycles. The smallest absolute Gasteiger partial charge is 0.0975 e. The quantitative estimate of drug-likeness (QED) is 0.748. The highest BCUT2D eigenvalue weighted by Crippen LogP contribution is 2.26. The molecule has 100 valence electrons. The fourth-order valence-corrected chi connectivity index (χ4v) is 2.40. The topological polar surface area (TPSA) is 41.5 Å². The lowest BCUT2D eigenvalue weighted by Gasteiger charge is -2.30. The second-order valence-electron chi connectivity index (χ2n) is 6.35.